The van der Waals surface area contributed by atoms with Crippen molar-refractivity contribution in [1.29, 1.82) is 0 Å². The average Bonchev–Trinajstić information content (AvgIpc) is 3.03. The van der Waals surface area contributed by atoms with Crippen LogP contribution < -0.4 is 4.90 Å². The van der Waals surface area contributed by atoms with Gasteiger partial charge in [-0.2, -0.15) is 0 Å². The second-order valence-corrected chi connectivity index (χ2v) is 10.6. The van der Waals surface area contributed by atoms with E-state index in [1.807, 2.05) is 20.0 Å². The molecular formula is C23H19FIN3O2S. The molecule has 0 atom stereocenters. The van der Waals surface area contributed by atoms with Gasteiger partial charge < -0.3 is 4.90 Å². The fourth-order valence-electron chi connectivity index (χ4n) is 4.17. The monoisotopic (exact) mass is 547 g/mol. The summed E-state index contributed by atoms with van der Waals surface area (Å²) in [5, 5.41) is 0.766. The smallest absolute Gasteiger partial charge is 0.270 e. The van der Waals surface area contributed by atoms with Crippen molar-refractivity contribution in [1.82, 2.24) is 8.96 Å². The molecule has 1 aliphatic heterocycles. The van der Waals surface area contributed by atoms with Crippen LogP contribution in [0.3, 0.4) is 0 Å². The molecule has 0 spiro atoms. The minimum absolute atomic E-state index is 0.213. The predicted molar refractivity (Wildman–Crippen MR) is 129 cm³/mol. The Balaban J connectivity index is 1.86. The number of hydrogen-bond acceptors (Lipinski definition) is 4. The van der Waals surface area contributed by atoms with Crippen LogP contribution in [0.5, 0.6) is 0 Å². The zero-order valence-electron chi connectivity index (χ0n) is 16.9. The third-order valence-corrected chi connectivity index (χ3v) is 8.93. The van der Waals surface area contributed by atoms with Gasteiger partial charge in [0.05, 0.1) is 4.90 Å². The highest BCUT2D eigenvalue weighted by Gasteiger charge is 2.30. The van der Waals surface area contributed by atoms with Gasteiger partial charge in [-0.15, -0.1) is 0 Å². The highest BCUT2D eigenvalue weighted by molar-refractivity contribution is 14.1. The van der Waals surface area contributed by atoms with E-state index in [9.17, 15) is 12.8 Å². The van der Waals surface area contributed by atoms with Crippen LogP contribution in [-0.4, -0.2) is 31.0 Å². The van der Waals surface area contributed by atoms with Crippen molar-refractivity contribution in [2.75, 3.05) is 18.5 Å². The van der Waals surface area contributed by atoms with Crippen LogP contribution in [0, 0.1) is 16.4 Å². The van der Waals surface area contributed by atoms with Gasteiger partial charge in [0.25, 0.3) is 10.0 Å². The third-order valence-electron chi connectivity index (χ3n) is 5.77. The van der Waals surface area contributed by atoms with E-state index >= 15 is 0 Å². The van der Waals surface area contributed by atoms with Crippen molar-refractivity contribution in [2.24, 2.45) is 0 Å². The lowest BCUT2D eigenvalue weighted by Gasteiger charge is -2.25. The minimum atomic E-state index is -3.86. The molecule has 0 saturated carbocycles. The molecular weight excluding hydrogens is 528 g/mol. The van der Waals surface area contributed by atoms with E-state index < -0.39 is 10.0 Å². The number of aryl methyl sites for hydroxylation is 1. The van der Waals surface area contributed by atoms with E-state index in [1.165, 1.54) is 16.1 Å². The number of halogens is 2. The molecule has 5 nitrogen and oxygen atoms in total. The standard InChI is InChI=1S/C23H19FIN3O2S/c1-14-3-6-16(7-4-14)31(29,30)28-22(25)18-10-12-27(2)20-8-5-15(24)13-19(20)17-9-11-26-23(28)21(17)18/h3-9,11,13H,10,12H2,1-2H3. The Morgan fingerprint density at radius 2 is 1.81 bits per heavy atom. The summed E-state index contributed by atoms with van der Waals surface area (Å²) in [5.41, 5.74) is 4.70. The van der Waals surface area contributed by atoms with Crippen LogP contribution >= 0.6 is 22.6 Å². The van der Waals surface area contributed by atoms with E-state index in [2.05, 4.69) is 32.5 Å². The zero-order chi connectivity index (χ0) is 21.9. The molecule has 8 heteroatoms. The molecule has 5 rings (SSSR count). The van der Waals surface area contributed by atoms with Gasteiger partial charge in [-0.25, -0.2) is 21.8 Å². The number of rotatable bonds is 2. The first-order chi connectivity index (χ1) is 14.8. The summed E-state index contributed by atoms with van der Waals surface area (Å²) in [5.74, 6) is -0.333. The predicted octanol–water partition coefficient (Wildman–Crippen LogP) is 4.98. The summed E-state index contributed by atoms with van der Waals surface area (Å²) >= 11 is 2.10. The quantitative estimate of drug-likeness (QED) is 0.332. The Kier molecular flexibility index (Phi) is 4.82. The highest BCUT2D eigenvalue weighted by Crippen LogP contribution is 2.42. The topological polar surface area (TPSA) is 55.2 Å². The maximum atomic E-state index is 14.2. The van der Waals surface area contributed by atoms with Crippen LogP contribution in [0.15, 0.2) is 59.6 Å². The summed E-state index contributed by atoms with van der Waals surface area (Å²) in [6, 6.07) is 13.4. The van der Waals surface area contributed by atoms with E-state index in [-0.39, 0.29) is 10.7 Å². The number of fused-ring (bicyclic) bond motifs is 2. The van der Waals surface area contributed by atoms with Crippen molar-refractivity contribution in [3.05, 3.63) is 75.4 Å². The molecule has 0 bridgehead atoms. The molecule has 3 heterocycles. The van der Waals surface area contributed by atoms with Crippen LogP contribution in [0.2, 0.25) is 0 Å². The third kappa shape index (κ3) is 3.15. The second-order valence-electron chi connectivity index (χ2n) is 7.74. The van der Waals surface area contributed by atoms with Crippen LogP contribution in [-0.2, 0) is 16.4 Å². The van der Waals surface area contributed by atoms with E-state index in [4.69, 9.17) is 0 Å². The molecule has 0 N–H and O–H groups in total. The molecule has 2 aromatic carbocycles. The van der Waals surface area contributed by atoms with Gasteiger partial charge in [0.15, 0.2) is 5.65 Å². The summed E-state index contributed by atoms with van der Waals surface area (Å²) in [4.78, 5) is 6.76. The first kappa shape index (κ1) is 20.4. The number of aromatic nitrogens is 2. The van der Waals surface area contributed by atoms with Gasteiger partial charge in [0.1, 0.15) is 9.52 Å². The number of anilines is 1. The second kappa shape index (κ2) is 7.30. The normalized spacial score (nSPS) is 13.7. The Morgan fingerprint density at radius 1 is 1.06 bits per heavy atom. The molecule has 1 aliphatic rings. The molecule has 158 valence electrons. The molecule has 0 unspecified atom stereocenters. The molecule has 31 heavy (non-hydrogen) atoms. The molecule has 4 aromatic rings. The fourth-order valence-corrected chi connectivity index (χ4v) is 7.09. The van der Waals surface area contributed by atoms with Gasteiger partial charge in [-0.1, -0.05) is 17.7 Å². The Morgan fingerprint density at radius 3 is 2.55 bits per heavy atom. The van der Waals surface area contributed by atoms with E-state index in [1.54, 1.807) is 36.5 Å². The number of likely N-dealkylation sites (N-methyl/N-ethyl adjacent to an activating group) is 1. The maximum Gasteiger partial charge on any atom is 0.270 e. The fraction of sp³-hybridized carbons (Fsp3) is 0.174. The summed E-state index contributed by atoms with van der Waals surface area (Å²) in [6.07, 6.45) is 2.24. The van der Waals surface area contributed by atoms with Gasteiger partial charge in [0.2, 0.25) is 0 Å². The molecule has 0 aliphatic carbocycles. The molecule has 0 saturated heterocycles. The molecule has 2 aromatic heterocycles. The lowest BCUT2D eigenvalue weighted by atomic mass is 9.96. The van der Waals surface area contributed by atoms with Crippen molar-refractivity contribution in [2.45, 2.75) is 18.2 Å². The van der Waals surface area contributed by atoms with Crippen LogP contribution in [0.4, 0.5) is 10.1 Å². The summed E-state index contributed by atoms with van der Waals surface area (Å²) in [7, 11) is -1.89. The minimum Gasteiger partial charge on any atom is -0.374 e. The summed E-state index contributed by atoms with van der Waals surface area (Å²) < 4.78 is 43.4. The van der Waals surface area contributed by atoms with E-state index in [0.29, 0.717) is 22.3 Å². The number of pyridine rings is 1. The van der Waals surface area contributed by atoms with Crippen molar-refractivity contribution in [3.8, 4) is 11.1 Å². The van der Waals surface area contributed by atoms with Gasteiger partial charge in [0, 0.05) is 36.4 Å². The van der Waals surface area contributed by atoms with Gasteiger partial charge in [-0.3, -0.25) is 0 Å². The SMILES string of the molecule is Cc1ccc(S(=O)(=O)n2c(I)c3c4c(ccnc42)-c2cc(F)ccc2N(C)CC3)cc1. The molecule has 0 fully saturated rings. The molecule has 0 amide bonds. The average molecular weight is 547 g/mol. The van der Waals surface area contributed by atoms with Crippen LogP contribution in [0.1, 0.15) is 11.1 Å². The Bertz CT molecular complexity index is 1450. The number of hydrogen-bond donors (Lipinski definition) is 0. The Hall–Kier alpha value is -2.46. The summed E-state index contributed by atoms with van der Waals surface area (Å²) in [6.45, 7) is 2.59. The lowest BCUT2D eigenvalue weighted by Crippen LogP contribution is -2.22. The first-order valence-electron chi connectivity index (χ1n) is 9.80. The van der Waals surface area contributed by atoms with Crippen molar-refractivity contribution >= 4 is 49.3 Å². The lowest BCUT2D eigenvalue weighted by molar-refractivity contribution is 0.587. The van der Waals surface area contributed by atoms with Crippen molar-refractivity contribution in [3.63, 3.8) is 0 Å². The van der Waals surface area contributed by atoms with Crippen LogP contribution in [0.25, 0.3) is 22.2 Å². The first-order valence-corrected chi connectivity index (χ1v) is 12.3. The van der Waals surface area contributed by atoms with Crippen molar-refractivity contribution < 1.29 is 12.8 Å². The molecule has 0 radical (unpaired) electrons. The number of benzene rings is 2. The largest absolute Gasteiger partial charge is 0.374 e. The Labute approximate surface area is 193 Å². The maximum absolute atomic E-state index is 14.2. The van der Waals surface area contributed by atoms with Gasteiger partial charge in [-0.05, 0) is 83.5 Å². The van der Waals surface area contributed by atoms with E-state index in [0.717, 1.165) is 33.3 Å². The number of nitrogens with zero attached hydrogens (tertiary/aromatic N) is 3. The van der Waals surface area contributed by atoms with Gasteiger partial charge >= 0.3 is 0 Å². The highest BCUT2D eigenvalue weighted by atomic mass is 127. The zero-order valence-corrected chi connectivity index (χ0v) is 19.9.